The Balaban J connectivity index is -0.000000104. The maximum absolute atomic E-state index is 3.25. The maximum Gasteiger partial charge on any atom is 0 e. The number of rotatable bonds is 0. The molecule has 0 aromatic carbocycles. The molecule has 0 bridgehead atoms. The van der Waals surface area contributed by atoms with Crippen LogP contribution in [-0.2, 0) is 20.4 Å². The van der Waals surface area contributed by atoms with Crippen LogP contribution in [0.1, 0.15) is 6.42 Å². The third-order valence-electron chi connectivity index (χ3n) is 0.586. The van der Waals surface area contributed by atoms with Gasteiger partial charge in [-0.25, -0.2) is 51.3 Å². The van der Waals surface area contributed by atoms with Gasteiger partial charge in [0.25, 0.3) is 0 Å². The van der Waals surface area contributed by atoms with Crippen molar-refractivity contribution in [3.05, 3.63) is 63.5 Å². The molecule has 0 unspecified atom stereocenters. The van der Waals surface area contributed by atoms with Crippen molar-refractivity contribution in [2.45, 2.75) is 6.42 Å². The predicted octanol–water partition coefficient (Wildman–Crippen LogP) is 3.32. The first kappa shape index (κ1) is 17.4. The minimum absolute atomic E-state index is 0. The van der Waals surface area contributed by atoms with Crippen LogP contribution in [0.3, 0.4) is 0 Å². The molecular weight excluding hydrogens is 239 g/mol. The molecule has 0 spiro atoms. The minimum atomic E-state index is 0. The van der Waals surface area contributed by atoms with Gasteiger partial charge in [0, 0.05) is 20.4 Å². The van der Waals surface area contributed by atoms with Crippen molar-refractivity contribution in [2.24, 2.45) is 0 Å². The van der Waals surface area contributed by atoms with Gasteiger partial charge in [0.15, 0.2) is 0 Å². The summed E-state index contributed by atoms with van der Waals surface area (Å²) >= 11 is 0. The van der Waals surface area contributed by atoms with Gasteiger partial charge in [-0.3, -0.25) is 6.08 Å². The zero-order valence-electron chi connectivity index (χ0n) is 7.24. The fourth-order valence-corrected chi connectivity index (χ4v) is 0.340. The number of allylic oxidation sites excluding steroid dienone is 6. The predicted molar refractivity (Wildman–Crippen MR) is 52.7 cm³/mol. The van der Waals surface area contributed by atoms with Crippen molar-refractivity contribution in [3.8, 4) is 0 Å². The van der Waals surface area contributed by atoms with E-state index in [1.54, 1.807) is 0 Å². The van der Waals surface area contributed by atoms with Gasteiger partial charge in [-0.15, -0.1) is 6.42 Å². The summed E-state index contributed by atoms with van der Waals surface area (Å²) in [6.45, 7) is 13.0. The van der Waals surface area contributed by atoms with Gasteiger partial charge in [0.05, 0.1) is 0 Å². The van der Waals surface area contributed by atoms with E-state index in [1.807, 2.05) is 12.2 Å². The molecule has 12 heavy (non-hydrogen) atoms. The standard InChI is InChI=1S/C5H5.2C3H5.Pd/c1-2-4-5-3-1;2*1-3-2;/h1-3H,4H2;2*3H,1-2H2;/q3*-1;. The van der Waals surface area contributed by atoms with Crippen LogP contribution in [0.15, 0.2) is 43.5 Å². The van der Waals surface area contributed by atoms with E-state index in [1.165, 1.54) is 12.2 Å². The molecule has 0 aliphatic heterocycles. The first-order chi connectivity index (χ1) is 5.33. The first-order valence-corrected chi connectivity index (χ1v) is 3.35. The molecule has 0 atom stereocenters. The van der Waals surface area contributed by atoms with E-state index in [9.17, 15) is 0 Å². The molecule has 1 heteroatoms. The van der Waals surface area contributed by atoms with E-state index in [0.29, 0.717) is 0 Å². The minimum Gasteiger partial charge on any atom is -0.273 e. The second kappa shape index (κ2) is 22.4. The average molecular weight is 254 g/mol. The summed E-state index contributed by atoms with van der Waals surface area (Å²) in [4.78, 5) is 0. The van der Waals surface area contributed by atoms with E-state index < -0.39 is 0 Å². The quantitative estimate of drug-likeness (QED) is 0.459. The van der Waals surface area contributed by atoms with Crippen molar-refractivity contribution in [1.29, 1.82) is 0 Å². The van der Waals surface area contributed by atoms with Crippen LogP contribution < -0.4 is 0 Å². The van der Waals surface area contributed by atoms with Crippen LogP contribution >= 0.6 is 0 Å². The van der Waals surface area contributed by atoms with Crippen LogP contribution in [0.25, 0.3) is 0 Å². The van der Waals surface area contributed by atoms with Crippen LogP contribution in [0.5, 0.6) is 0 Å². The Morgan fingerprint density at radius 2 is 1.67 bits per heavy atom. The van der Waals surface area contributed by atoms with Crippen molar-refractivity contribution in [3.63, 3.8) is 0 Å². The molecule has 0 heterocycles. The molecule has 0 saturated carbocycles. The van der Waals surface area contributed by atoms with E-state index in [2.05, 4.69) is 39.2 Å². The third kappa shape index (κ3) is 34.4. The molecule has 0 amide bonds. The topological polar surface area (TPSA) is 0 Å². The van der Waals surface area contributed by atoms with Gasteiger partial charge in [-0.1, -0.05) is 0 Å². The Kier molecular flexibility index (Phi) is 32.6. The monoisotopic (exact) mass is 253 g/mol. The van der Waals surface area contributed by atoms with Crippen LogP contribution in [-0.4, -0.2) is 0 Å². The summed E-state index contributed by atoms with van der Waals surface area (Å²) in [5.41, 5.74) is 0. The fraction of sp³-hybridized carbons (Fsp3) is 0.0909. The Morgan fingerprint density at radius 3 is 1.75 bits per heavy atom. The zero-order valence-corrected chi connectivity index (χ0v) is 8.79. The van der Waals surface area contributed by atoms with Crippen molar-refractivity contribution in [1.82, 2.24) is 0 Å². The molecule has 0 nitrogen and oxygen atoms in total. The van der Waals surface area contributed by atoms with Gasteiger partial charge < -0.3 is 0 Å². The van der Waals surface area contributed by atoms with Gasteiger partial charge >= 0.3 is 0 Å². The second-order valence-corrected chi connectivity index (χ2v) is 1.58. The largest absolute Gasteiger partial charge is 0.273 e. The van der Waals surface area contributed by atoms with Gasteiger partial charge in [0.1, 0.15) is 0 Å². The Morgan fingerprint density at radius 1 is 1.25 bits per heavy atom. The molecule has 0 aromatic heterocycles. The molecule has 0 aromatic rings. The summed E-state index contributed by atoms with van der Waals surface area (Å²) in [7, 11) is 0. The molecule has 0 fully saturated rings. The normalized spacial score (nSPS) is 9.33. The Bertz CT molecular complexity index is 116. The summed E-state index contributed by atoms with van der Waals surface area (Å²) in [6.07, 6.45) is 13.0. The first-order valence-electron chi connectivity index (χ1n) is 3.35. The molecule has 0 radical (unpaired) electrons. The van der Waals surface area contributed by atoms with Gasteiger partial charge in [0.2, 0.25) is 0 Å². The molecule has 0 N–H and O–H groups in total. The molecule has 1 aliphatic rings. The molecule has 0 saturated heterocycles. The van der Waals surface area contributed by atoms with E-state index >= 15 is 0 Å². The molecule has 1 aliphatic carbocycles. The maximum atomic E-state index is 3.25. The van der Waals surface area contributed by atoms with Crippen LogP contribution in [0, 0.1) is 19.9 Å². The fourth-order valence-electron chi connectivity index (χ4n) is 0.340. The van der Waals surface area contributed by atoms with E-state index in [4.69, 9.17) is 0 Å². The molecular formula is C11H15Pd-3. The Labute approximate surface area is 90.4 Å². The van der Waals surface area contributed by atoms with Crippen LogP contribution in [0.2, 0.25) is 0 Å². The SMILES string of the molecule is C=C[CH2-].C=C[CH2-].[C-]1=CC=CC1.[Pd]. The van der Waals surface area contributed by atoms with Crippen molar-refractivity contribution < 1.29 is 20.4 Å². The molecule has 72 valence electrons. The molecule has 1 rings (SSSR count). The average Bonchev–Trinajstić information content (AvgIpc) is 2.44. The van der Waals surface area contributed by atoms with Crippen molar-refractivity contribution in [2.75, 3.05) is 0 Å². The Hall–Kier alpha value is -0.638. The summed E-state index contributed by atoms with van der Waals surface area (Å²) in [5, 5.41) is 0. The zero-order chi connectivity index (χ0) is 8.95. The van der Waals surface area contributed by atoms with E-state index in [0.717, 1.165) is 6.42 Å². The van der Waals surface area contributed by atoms with E-state index in [-0.39, 0.29) is 20.4 Å². The third-order valence-corrected chi connectivity index (χ3v) is 0.586. The van der Waals surface area contributed by atoms with Crippen LogP contribution in [0.4, 0.5) is 0 Å². The number of hydrogen-bond acceptors (Lipinski definition) is 0. The van der Waals surface area contributed by atoms with Crippen molar-refractivity contribution >= 4 is 0 Å². The van der Waals surface area contributed by atoms with Gasteiger partial charge in [-0.2, -0.15) is 6.08 Å². The summed E-state index contributed by atoms with van der Waals surface area (Å²) < 4.78 is 0. The summed E-state index contributed by atoms with van der Waals surface area (Å²) in [6, 6.07) is 0. The smallest absolute Gasteiger partial charge is 0 e. The number of hydrogen-bond donors (Lipinski definition) is 0. The summed E-state index contributed by atoms with van der Waals surface area (Å²) in [5.74, 6) is 0. The second-order valence-electron chi connectivity index (χ2n) is 1.58. The van der Waals surface area contributed by atoms with Gasteiger partial charge in [-0.05, 0) is 0 Å².